The maximum atomic E-state index is 14.4. The number of carboxylic acids is 1. The van der Waals surface area contributed by atoms with Crippen LogP contribution < -0.4 is 9.04 Å². The molecular weight excluding hydrogens is 564 g/mol. The highest BCUT2D eigenvalue weighted by Gasteiger charge is 2.40. The van der Waals surface area contributed by atoms with Gasteiger partial charge in [0, 0.05) is 18.0 Å². The maximum absolute atomic E-state index is 14.4. The van der Waals surface area contributed by atoms with E-state index in [-0.39, 0.29) is 22.0 Å². The van der Waals surface area contributed by atoms with Crippen molar-refractivity contribution in [3.8, 4) is 5.75 Å². The summed E-state index contributed by atoms with van der Waals surface area (Å²) in [5, 5.41) is 9.64. The second-order valence-electron chi connectivity index (χ2n) is 8.88. The summed E-state index contributed by atoms with van der Waals surface area (Å²) >= 11 is 6.15. The van der Waals surface area contributed by atoms with Crippen LogP contribution in [0.4, 0.5) is 23.2 Å². The lowest BCUT2D eigenvalue weighted by molar-refractivity contribution is -0.144. The minimum Gasteiger partial charge on any atom is -0.485 e. The number of carboxylic acid groups (broad SMARTS) is 1. The van der Waals surface area contributed by atoms with E-state index in [0.29, 0.717) is 23.4 Å². The first-order valence-electron chi connectivity index (χ1n) is 11.4. The van der Waals surface area contributed by atoms with Gasteiger partial charge in [-0.3, -0.25) is 14.1 Å². The van der Waals surface area contributed by atoms with E-state index in [1.807, 2.05) is 0 Å². The molecule has 0 saturated heterocycles. The number of benzene rings is 2. The zero-order chi connectivity index (χ0) is 28.7. The molecule has 2 atom stereocenters. The lowest BCUT2D eigenvalue weighted by atomic mass is 10.0. The molecule has 2 heterocycles. The zero-order valence-corrected chi connectivity index (χ0v) is 22.0. The van der Waals surface area contributed by atoms with E-state index in [4.69, 9.17) is 16.3 Å². The SMILES string of the molecule is CC(=Cc1ccc2c(c1)N(S(=O)(=O)c1cncc(C(F)(F)F)c1)CC(C(C)C(=O)O)O2)c1c(F)cccc1Cl. The van der Waals surface area contributed by atoms with Crippen LogP contribution in [0.5, 0.6) is 5.75 Å². The predicted octanol–water partition coefficient (Wildman–Crippen LogP) is 6.13. The Bertz CT molecular complexity index is 1560. The first-order chi connectivity index (χ1) is 18.2. The third-order valence-corrected chi connectivity index (χ3v) is 8.25. The molecule has 7 nitrogen and oxygen atoms in total. The van der Waals surface area contributed by atoms with Crippen LogP contribution in [-0.2, 0) is 21.0 Å². The minimum absolute atomic E-state index is 0.00147. The van der Waals surface area contributed by atoms with Crippen molar-refractivity contribution in [2.45, 2.75) is 31.0 Å². The molecule has 206 valence electrons. The molecule has 3 aromatic rings. The summed E-state index contributed by atoms with van der Waals surface area (Å²) in [6.07, 6.45) is -3.16. The number of aromatic nitrogens is 1. The van der Waals surface area contributed by atoms with Crippen molar-refractivity contribution in [1.82, 2.24) is 4.98 Å². The number of anilines is 1. The zero-order valence-electron chi connectivity index (χ0n) is 20.4. The molecule has 13 heteroatoms. The topological polar surface area (TPSA) is 96.8 Å². The molecule has 0 aliphatic carbocycles. The Labute approximate surface area is 226 Å². The number of pyridine rings is 1. The quantitative estimate of drug-likeness (QED) is 0.277. The fraction of sp³-hybridized carbons (Fsp3) is 0.231. The Morgan fingerprint density at radius 1 is 1.23 bits per heavy atom. The van der Waals surface area contributed by atoms with Gasteiger partial charge in [0.05, 0.1) is 28.7 Å². The molecule has 0 amide bonds. The van der Waals surface area contributed by atoms with E-state index in [2.05, 4.69) is 4.98 Å². The second-order valence-corrected chi connectivity index (χ2v) is 11.1. The summed E-state index contributed by atoms with van der Waals surface area (Å²) in [5.74, 6) is -2.97. The average molecular weight is 585 g/mol. The number of carbonyl (C=O) groups is 1. The van der Waals surface area contributed by atoms with Crippen molar-refractivity contribution in [3.63, 3.8) is 0 Å². The molecule has 0 radical (unpaired) electrons. The van der Waals surface area contributed by atoms with Crippen LogP contribution >= 0.6 is 11.6 Å². The first kappa shape index (κ1) is 28.4. The Morgan fingerprint density at radius 2 is 1.95 bits per heavy atom. The van der Waals surface area contributed by atoms with Crippen molar-refractivity contribution in [1.29, 1.82) is 0 Å². The highest BCUT2D eigenvalue weighted by atomic mass is 35.5. The number of hydrogen-bond donors (Lipinski definition) is 1. The van der Waals surface area contributed by atoms with Crippen molar-refractivity contribution < 1.29 is 40.6 Å². The van der Waals surface area contributed by atoms with Gasteiger partial charge in [0.1, 0.15) is 22.6 Å². The third kappa shape index (κ3) is 5.71. The summed E-state index contributed by atoms with van der Waals surface area (Å²) in [5.41, 5.74) is -0.336. The fourth-order valence-corrected chi connectivity index (χ4v) is 5.85. The number of fused-ring (bicyclic) bond motifs is 1. The molecule has 39 heavy (non-hydrogen) atoms. The first-order valence-corrected chi connectivity index (χ1v) is 13.2. The number of rotatable bonds is 6. The smallest absolute Gasteiger partial charge is 0.417 e. The molecule has 2 unspecified atom stereocenters. The van der Waals surface area contributed by atoms with Gasteiger partial charge in [0.15, 0.2) is 0 Å². The largest absolute Gasteiger partial charge is 0.485 e. The predicted molar refractivity (Wildman–Crippen MR) is 136 cm³/mol. The molecule has 2 aromatic carbocycles. The van der Waals surface area contributed by atoms with E-state index in [1.54, 1.807) is 19.1 Å². The molecule has 0 fully saturated rings. The Morgan fingerprint density at radius 3 is 2.59 bits per heavy atom. The van der Waals surface area contributed by atoms with E-state index >= 15 is 0 Å². The molecule has 4 rings (SSSR count). The van der Waals surface area contributed by atoms with E-state index < -0.39 is 57.0 Å². The summed E-state index contributed by atoms with van der Waals surface area (Å²) in [7, 11) is -4.67. The van der Waals surface area contributed by atoms with Crippen molar-refractivity contribution >= 4 is 44.9 Å². The van der Waals surface area contributed by atoms with Crippen molar-refractivity contribution in [3.05, 3.63) is 82.4 Å². The Hall–Kier alpha value is -3.64. The minimum atomic E-state index is -4.84. The normalized spacial score (nSPS) is 16.8. The standard InChI is InChI=1S/C26H21ClF4N2O5S/c1-14(24-19(27)4-3-5-20(24)28)8-16-6-7-22-21(9-16)33(13-23(38-22)15(2)25(34)35)39(36,37)18-10-17(11-32-12-18)26(29,30)31/h3-12,15,23H,13H2,1-2H3,(H,34,35). The van der Waals surface area contributed by atoms with Crippen LogP contribution in [0.25, 0.3) is 11.6 Å². The van der Waals surface area contributed by atoms with Crippen LogP contribution in [0, 0.1) is 11.7 Å². The van der Waals surface area contributed by atoms with Crippen LogP contribution in [0.3, 0.4) is 0 Å². The fourth-order valence-electron chi connectivity index (χ4n) is 4.07. The highest BCUT2D eigenvalue weighted by molar-refractivity contribution is 7.92. The molecule has 0 saturated carbocycles. The summed E-state index contributed by atoms with van der Waals surface area (Å²) in [6.45, 7) is 2.44. The van der Waals surface area contributed by atoms with Crippen LogP contribution in [0.1, 0.15) is 30.5 Å². The number of halogens is 5. The summed E-state index contributed by atoms with van der Waals surface area (Å²) < 4.78 is 88.2. The van der Waals surface area contributed by atoms with Crippen LogP contribution in [-0.4, -0.2) is 37.1 Å². The van der Waals surface area contributed by atoms with Crippen LogP contribution in [0.15, 0.2) is 59.8 Å². The lowest BCUT2D eigenvalue weighted by Crippen LogP contribution is -2.47. The Balaban J connectivity index is 1.84. The number of allylic oxidation sites excluding steroid dienone is 1. The van der Waals surface area contributed by atoms with Gasteiger partial charge in [0.25, 0.3) is 10.0 Å². The molecule has 1 aliphatic rings. The van der Waals surface area contributed by atoms with Gasteiger partial charge in [-0.25, -0.2) is 12.8 Å². The van der Waals surface area contributed by atoms with Gasteiger partial charge in [-0.15, -0.1) is 0 Å². The van der Waals surface area contributed by atoms with Gasteiger partial charge < -0.3 is 9.84 Å². The molecule has 0 spiro atoms. The molecule has 1 N–H and O–H groups in total. The number of alkyl halides is 3. The third-order valence-electron chi connectivity index (χ3n) is 6.19. The van der Waals surface area contributed by atoms with E-state index in [9.17, 15) is 35.9 Å². The van der Waals surface area contributed by atoms with Gasteiger partial charge in [-0.05, 0) is 55.3 Å². The van der Waals surface area contributed by atoms with Gasteiger partial charge >= 0.3 is 12.1 Å². The number of aliphatic carboxylic acids is 1. The monoisotopic (exact) mass is 584 g/mol. The summed E-state index contributed by atoms with van der Waals surface area (Å²) in [6, 6.07) is 9.01. The molecule has 1 aromatic heterocycles. The maximum Gasteiger partial charge on any atom is 0.417 e. The second kappa shape index (κ2) is 10.5. The average Bonchev–Trinajstić information content (AvgIpc) is 2.87. The van der Waals surface area contributed by atoms with Gasteiger partial charge in [0.2, 0.25) is 0 Å². The number of sulfonamides is 1. The number of hydrogen-bond acceptors (Lipinski definition) is 5. The molecule has 1 aliphatic heterocycles. The highest BCUT2D eigenvalue weighted by Crippen LogP contribution is 2.40. The van der Waals surface area contributed by atoms with Crippen molar-refractivity contribution in [2.24, 2.45) is 5.92 Å². The Kier molecular flexibility index (Phi) is 7.63. The summed E-state index contributed by atoms with van der Waals surface area (Å²) in [4.78, 5) is 14.3. The van der Waals surface area contributed by atoms with Gasteiger partial charge in [-0.1, -0.05) is 29.8 Å². The molecular formula is C26H21ClF4N2O5S. The van der Waals surface area contributed by atoms with E-state index in [1.165, 1.54) is 37.3 Å². The number of nitrogens with zero attached hydrogens (tertiary/aromatic N) is 2. The van der Waals surface area contributed by atoms with Gasteiger partial charge in [-0.2, -0.15) is 13.2 Å². The van der Waals surface area contributed by atoms with Crippen molar-refractivity contribution in [2.75, 3.05) is 10.8 Å². The lowest BCUT2D eigenvalue weighted by Gasteiger charge is -2.37. The van der Waals surface area contributed by atoms with Crippen LogP contribution in [0.2, 0.25) is 5.02 Å². The number of ether oxygens (including phenoxy) is 1. The van der Waals surface area contributed by atoms with E-state index in [0.717, 1.165) is 10.5 Å². The molecule has 0 bridgehead atoms.